The zero-order valence-corrected chi connectivity index (χ0v) is 7.83. The molecule has 0 unspecified atom stereocenters. The molecule has 0 heterocycles. The monoisotopic (exact) mass is 182 g/mol. The SMILES string of the molecule is C=CC(=O)NC(=CC(C)C)C(N)=O. The van der Waals surface area contributed by atoms with Gasteiger partial charge in [-0.3, -0.25) is 9.59 Å². The van der Waals surface area contributed by atoms with Gasteiger partial charge in [0.2, 0.25) is 5.91 Å². The molecule has 3 N–H and O–H groups in total. The molecule has 0 radical (unpaired) electrons. The van der Waals surface area contributed by atoms with E-state index in [0.29, 0.717) is 0 Å². The summed E-state index contributed by atoms with van der Waals surface area (Å²) in [5, 5.41) is 2.33. The van der Waals surface area contributed by atoms with Crippen molar-refractivity contribution in [1.82, 2.24) is 5.32 Å². The van der Waals surface area contributed by atoms with Crippen molar-refractivity contribution in [2.45, 2.75) is 13.8 Å². The van der Waals surface area contributed by atoms with E-state index >= 15 is 0 Å². The molecule has 0 saturated carbocycles. The first-order valence-corrected chi connectivity index (χ1v) is 3.92. The number of amides is 2. The van der Waals surface area contributed by atoms with Crippen LogP contribution in [0.3, 0.4) is 0 Å². The molecule has 0 saturated heterocycles. The fourth-order valence-electron chi connectivity index (χ4n) is 0.702. The molecule has 0 bridgehead atoms. The first kappa shape index (κ1) is 11.4. The lowest BCUT2D eigenvalue weighted by atomic mass is 10.2. The van der Waals surface area contributed by atoms with Gasteiger partial charge in [0, 0.05) is 0 Å². The summed E-state index contributed by atoms with van der Waals surface area (Å²) in [5.41, 5.74) is 5.14. The van der Waals surface area contributed by atoms with Crippen LogP contribution in [0.4, 0.5) is 0 Å². The largest absolute Gasteiger partial charge is 0.364 e. The maximum Gasteiger partial charge on any atom is 0.264 e. The van der Waals surface area contributed by atoms with Crippen molar-refractivity contribution in [1.29, 1.82) is 0 Å². The molecule has 0 spiro atoms. The third-order valence-electron chi connectivity index (χ3n) is 1.21. The van der Waals surface area contributed by atoms with E-state index < -0.39 is 11.8 Å². The van der Waals surface area contributed by atoms with E-state index in [-0.39, 0.29) is 11.6 Å². The van der Waals surface area contributed by atoms with Crippen LogP contribution in [0, 0.1) is 5.92 Å². The van der Waals surface area contributed by atoms with Gasteiger partial charge in [-0.15, -0.1) is 0 Å². The quantitative estimate of drug-likeness (QED) is 0.614. The number of allylic oxidation sites excluding steroid dienone is 1. The fourth-order valence-corrected chi connectivity index (χ4v) is 0.702. The fraction of sp³-hybridized carbons (Fsp3) is 0.333. The normalized spacial score (nSPS) is 11.2. The Morgan fingerprint density at radius 3 is 2.31 bits per heavy atom. The Labute approximate surface area is 77.5 Å². The van der Waals surface area contributed by atoms with E-state index in [0.717, 1.165) is 6.08 Å². The van der Waals surface area contributed by atoms with E-state index in [1.54, 1.807) is 6.08 Å². The molecule has 0 aromatic carbocycles. The lowest BCUT2D eigenvalue weighted by Gasteiger charge is -2.05. The zero-order chi connectivity index (χ0) is 10.4. The Morgan fingerprint density at radius 1 is 1.46 bits per heavy atom. The summed E-state index contributed by atoms with van der Waals surface area (Å²) in [7, 11) is 0. The molecule has 4 nitrogen and oxygen atoms in total. The van der Waals surface area contributed by atoms with Crippen molar-refractivity contribution in [3.63, 3.8) is 0 Å². The second kappa shape index (κ2) is 5.13. The lowest BCUT2D eigenvalue weighted by molar-refractivity contribution is -0.119. The van der Waals surface area contributed by atoms with E-state index in [1.165, 1.54) is 0 Å². The number of nitrogens with one attached hydrogen (secondary N) is 1. The van der Waals surface area contributed by atoms with E-state index in [4.69, 9.17) is 5.73 Å². The van der Waals surface area contributed by atoms with Crippen LogP contribution in [0.1, 0.15) is 13.8 Å². The topological polar surface area (TPSA) is 72.2 Å². The van der Waals surface area contributed by atoms with Gasteiger partial charge in [0.1, 0.15) is 5.70 Å². The molecule has 72 valence electrons. The third kappa shape index (κ3) is 4.79. The van der Waals surface area contributed by atoms with Crippen molar-refractivity contribution in [2.24, 2.45) is 11.7 Å². The summed E-state index contributed by atoms with van der Waals surface area (Å²) in [6, 6.07) is 0. The Hall–Kier alpha value is -1.58. The van der Waals surface area contributed by atoms with Crippen molar-refractivity contribution >= 4 is 11.8 Å². The van der Waals surface area contributed by atoms with Crippen LogP contribution in [0.2, 0.25) is 0 Å². The number of carbonyl (C=O) groups is 2. The average Bonchev–Trinajstić information content (AvgIpc) is 2.02. The Bertz CT molecular complexity index is 254. The molecule has 0 aliphatic carbocycles. The van der Waals surface area contributed by atoms with Gasteiger partial charge >= 0.3 is 0 Å². The van der Waals surface area contributed by atoms with Crippen LogP contribution in [-0.4, -0.2) is 11.8 Å². The van der Waals surface area contributed by atoms with Gasteiger partial charge in [0.15, 0.2) is 0 Å². The molecule has 0 aliphatic rings. The van der Waals surface area contributed by atoms with Crippen molar-refractivity contribution < 1.29 is 9.59 Å². The minimum absolute atomic E-state index is 0.111. The number of carbonyl (C=O) groups excluding carboxylic acids is 2. The highest BCUT2D eigenvalue weighted by atomic mass is 16.2. The van der Waals surface area contributed by atoms with E-state index in [2.05, 4.69) is 11.9 Å². The van der Waals surface area contributed by atoms with Gasteiger partial charge < -0.3 is 11.1 Å². The second-order valence-corrected chi connectivity index (χ2v) is 2.88. The van der Waals surface area contributed by atoms with Gasteiger partial charge in [0.25, 0.3) is 5.91 Å². The molecule has 0 fully saturated rings. The molecule has 13 heavy (non-hydrogen) atoms. The Morgan fingerprint density at radius 2 is 2.00 bits per heavy atom. The number of primary amides is 1. The second-order valence-electron chi connectivity index (χ2n) is 2.88. The van der Waals surface area contributed by atoms with Crippen molar-refractivity contribution in [3.05, 3.63) is 24.4 Å². The third-order valence-corrected chi connectivity index (χ3v) is 1.21. The van der Waals surface area contributed by atoms with Crippen molar-refractivity contribution in [2.75, 3.05) is 0 Å². The Kier molecular flexibility index (Phi) is 4.51. The first-order chi connectivity index (χ1) is 5.97. The molecule has 0 rings (SSSR count). The van der Waals surface area contributed by atoms with Crippen LogP contribution in [0.15, 0.2) is 24.4 Å². The van der Waals surface area contributed by atoms with Gasteiger partial charge in [-0.05, 0) is 12.0 Å². The van der Waals surface area contributed by atoms with Gasteiger partial charge in [0.05, 0.1) is 0 Å². The highest BCUT2D eigenvalue weighted by Crippen LogP contribution is 1.98. The molecule has 2 amide bonds. The molecule has 0 aromatic heterocycles. The predicted molar refractivity (Wildman–Crippen MR) is 50.5 cm³/mol. The Balaban J connectivity index is 4.53. The van der Waals surface area contributed by atoms with Gasteiger partial charge in [-0.25, -0.2) is 0 Å². The highest BCUT2D eigenvalue weighted by molar-refractivity contribution is 5.99. The highest BCUT2D eigenvalue weighted by Gasteiger charge is 2.07. The first-order valence-electron chi connectivity index (χ1n) is 3.92. The minimum atomic E-state index is -0.649. The number of nitrogens with two attached hydrogens (primary N) is 1. The van der Waals surface area contributed by atoms with Crippen molar-refractivity contribution in [3.8, 4) is 0 Å². The van der Waals surface area contributed by atoms with Crippen LogP contribution in [0.5, 0.6) is 0 Å². The summed E-state index contributed by atoms with van der Waals surface area (Å²) in [5.74, 6) is -0.942. The summed E-state index contributed by atoms with van der Waals surface area (Å²) in [6.45, 7) is 7.02. The molecule has 4 heteroatoms. The van der Waals surface area contributed by atoms with E-state index in [1.807, 2.05) is 13.8 Å². The smallest absolute Gasteiger partial charge is 0.264 e. The van der Waals surface area contributed by atoms with Crippen LogP contribution >= 0.6 is 0 Å². The summed E-state index contributed by atoms with van der Waals surface area (Å²) < 4.78 is 0. The summed E-state index contributed by atoms with van der Waals surface area (Å²) in [6.07, 6.45) is 2.67. The van der Waals surface area contributed by atoms with E-state index in [9.17, 15) is 9.59 Å². The number of hydrogen-bond donors (Lipinski definition) is 2. The summed E-state index contributed by atoms with van der Waals surface area (Å²) in [4.78, 5) is 21.6. The van der Waals surface area contributed by atoms with Crippen LogP contribution in [-0.2, 0) is 9.59 Å². The lowest BCUT2D eigenvalue weighted by Crippen LogP contribution is -2.30. The van der Waals surface area contributed by atoms with Crippen LogP contribution < -0.4 is 11.1 Å². The predicted octanol–water partition coefficient (Wildman–Crippen LogP) is 0.314. The maximum absolute atomic E-state index is 10.8. The van der Waals surface area contributed by atoms with Gasteiger partial charge in [-0.1, -0.05) is 26.5 Å². The number of rotatable bonds is 4. The standard InChI is InChI=1S/C9H14N2O2/c1-4-8(12)11-7(9(10)13)5-6(2)3/h4-6H,1H2,2-3H3,(H2,10,13)(H,11,12). The molecule has 0 aromatic rings. The molecular formula is C9H14N2O2. The number of hydrogen-bond acceptors (Lipinski definition) is 2. The molecular weight excluding hydrogens is 168 g/mol. The minimum Gasteiger partial charge on any atom is -0.364 e. The molecule has 0 aliphatic heterocycles. The summed E-state index contributed by atoms with van der Waals surface area (Å²) >= 11 is 0. The average molecular weight is 182 g/mol. The van der Waals surface area contributed by atoms with Gasteiger partial charge in [-0.2, -0.15) is 0 Å². The maximum atomic E-state index is 10.8. The molecule has 0 atom stereocenters. The van der Waals surface area contributed by atoms with Crippen LogP contribution in [0.25, 0.3) is 0 Å². The zero-order valence-electron chi connectivity index (χ0n) is 7.83.